The number of carbonyl (C=O) groups excluding carboxylic acids is 6. The Kier molecular flexibility index (Phi) is 13.8. The Bertz CT molecular complexity index is 3850. The van der Waals surface area contributed by atoms with Crippen molar-refractivity contribution < 1.29 is 67.4 Å². The fraction of sp³-hybridized carbons (Fsp3) is 0. The van der Waals surface area contributed by atoms with Crippen LogP contribution < -0.4 is 28.4 Å². The number of phenolic OH excluding ortho intramolecular Hbond substituents is 2. The first-order valence-electron chi connectivity index (χ1n) is 23.3. The molecule has 0 saturated carbocycles. The Balaban J connectivity index is 0.816. The molecule has 0 heterocycles. The molecule has 2 N–H and O–H groups in total. The van der Waals surface area contributed by atoms with Crippen LogP contribution in [0.4, 0.5) is 0 Å². The lowest BCUT2D eigenvalue weighted by molar-refractivity contribution is 0.0718. The highest BCUT2D eigenvalue weighted by Gasteiger charge is 2.21. The molecule has 0 bridgehead atoms. The summed E-state index contributed by atoms with van der Waals surface area (Å²) in [5.41, 5.74) is 2.31. The molecule has 14 nitrogen and oxygen atoms in total. The first kappa shape index (κ1) is 48.8. The van der Waals surface area contributed by atoms with Crippen LogP contribution in [0, 0.1) is 0 Å². The number of carbonyl (C=O) groups is 6. The van der Waals surface area contributed by atoms with Crippen molar-refractivity contribution >= 4 is 57.4 Å². The first-order valence-corrected chi connectivity index (χ1v) is 23.3. The molecule has 0 radical (unpaired) electrons. The maximum absolute atomic E-state index is 13.9. The number of benzene rings is 10. The molecule has 10 rings (SSSR count). The molecule has 0 atom stereocenters. The molecule has 14 heteroatoms. The third kappa shape index (κ3) is 11.1. The number of fused-ring (bicyclic) bond motifs is 2. The number of ether oxygens (including phenoxy) is 6. The summed E-state index contributed by atoms with van der Waals surface area (Å²) in [5, 5.41) is 22.1. The third-order valence-corrected chi connectivity index (χ3v) is 11.8. The molecular weight excluding hydrogens is 969 g/mol. The van der Waals surface area contributed by atoms with Crippen LogP contribution in [-0.4, -0.2) is 46.0 Å². The van der Waals surface area contributed by atoms with Gasteiger partial charge in [0.15, 0.2) is 0 Å². The predicted molar refractivity (Wildman–Crippen MR) is 279 cm³/mol. The van der Waals surface area contributed by atoms with Crippen molar-refractivity contribution in [1.29, 1.82) is 0 Å². The van der Waals surface area contributed by atoms with Gasteiger partial charge in [0.1, 0.15) is 46.0 Å². The van der Waals surface area contributed by atoms with Gasteiger partial charge in [-0.15, -0.1) is 0 Å². The quantitative estimate of drug-likeness (QED) is 0.0816. The second-order valence-electron chi connectivity index (χ2n) is 16.9. The summed E-state index contributed by atoms with van der Waals surface area (Å²) in [4.78, 5) is 78.5. The van der Waals surface area contributed by atoms with Crippen LogP contribution in [0.15, 0.2) is 218 Å². The molecule has 370 valence electrons. The Labute approximate surface area is 432 Å². The predicted octanol–water partition coefficient (Wildman–Crippen LogP) is 12.4. The number of aromatic hydroxyl groups is 2. The fourth-order valence-corrected chi connectivity index (χ4v) is 7.98. The minimum absolute atomic E-state index is 0.00922. The van der Waals surface area contributed by atoms with Gasteiger partial charge >= 0.3 is 35.8 Å². The lowest BCUT2D eigenvalue weighted by Gasteiger charge is -2.17. The Hall–Kier alpha value is -10.9. The first-order chi connectivity index (χ1) is 36.9. The van der Waals surface area contributed by atoms with Gasteiger partial charge in [0.05, 0.1) is 33.4 Å². The lowest BCUT2D eigenvalue weighted by Crippen LogP contribution is -2.11. The van der Waals surface area contributed by atoms with E-state index in [4.69, 9.17) is 28.4 Å². The van der Waals surface area contributed by atoms with E-state index in [1.165, 1.54) is 146 Å². The summed E-state index contributed by atoms with van der Waals surface area (Å²) in [6, 6.07) is 56.4. The average molecular weight is 1010 g/mol. The van der Waals surface area contributed by atoms with Crippen molar-refractivity contribution in [3.63, 3.8) is 0 Å². The van der Waals surface area contributed by atoms with Crippen LogP contribution in [-0.2, 0) is 0 Å². The van der Waals surface area contributed by atoms with E-state index < -0.39 is 35.8 Å². The van der Waals surface area contributed by atoms with Crippen molar-refractivity contribution in [2.24, 2.45) is 0 Å². The van der Waals surface area contributed by atoms with E-state index in [9.17, 15) is 39.0 Å². The molecule has 0 aliphatic rings. The van der Waals surface area contributed by atoms with Crippen molar-refractivity contribution in [1.82, 2.24) is 0 Å². The molecule has 10 aromatic carbocycles. The van der Waals surface area contributed by atoms with Crippen molar-refractivity contribution in [3.8, 4) is 57.1 Å². The highest BCUT2D eigenvalue weighted by Crippen LogP contribution is 2.43. The number of phenols is 2. The molecular formula is C62H38O14. The minimum atomic E-state index is -0.698. The lowest BCUT2D eigenvalue weighted by atomic mass is 9.92. The zero-order chi connectivity index (χ0) is 52.7. The van der Waals surface area contributed by atoms with Crippen LogP contribution in [0.2, 0.25) is 0 Å². The van der Waals surface area contributed by atoms with Crippen LogP contribution >= 0.6 is 0 Å². The zero-order valence-corrected chi connectivity index (χ0v) is 39.6. The fourth-order valence-electron chi connectivity index (χ4n) is 7.98. The van der Waals surface area contributed by atoms with Crippen LogP contribution in [0.5, 0.6) is 46.0 Å². The van der Waals surface area contributed by atoms with Gasteiger partial charge in [-0.05, 0) is 191 Å². The molecule has 0 saturated heterocycles. The van der Waals surface area contributed by atoms with Gasteiger partial charge in [0.25, 0.3) is 0 Å². The number of hydrogen-bond donors (Lipinski definition) is 2. The smallest absolute Gasteiger partial charge is 0.343 e. The van der Waals surface area contributed by atoms with Crippen molar-refractivity contribution in [2.75, 3.05) is 0 Å². The Morgan fingerprint density at radius 2 is 0.592 bits per heavy atom. The topological polar surface area (TPSA) is 198 Å². The zero-order valence-electron chi connectivity index (χ0n) is 39.6. The van der Waals surface area contributed by atoms with Crippen LogP contribution in [0.1, 0.15) is 62.1 Å². The van der Waals surface area contributed by atoms with Gasteiger partial charge in [0.2, 0.25) is 0 Å². The van der Waals surface area contributed by atoms with E-state index in [0.717, 1.165) is 21.5 Å². The average Bonchev–Trinajstić information content (AvgIpc) is 3.45. The standard InChI is InChI=1S/C62H38O14/c63-45-22-9-38(10-23-45)57(65)71-47-26-13-40(14-27-47)59(67)73-49-30-17-42(18-31-49)61(69)75-51-35-44-6-2-3-7-52(44)54(36-51)56-53-8-4-1-5-37(53)21-34-55(56)76-62(70)43-19-32-50(33-20-43)74-60(68)41-15-28-48(29-16-41)72-58(66)39-11-24-46(64)25-12-39/h1-36,63-64H. The van der Waals surface area contributed by atoms with Gasteiger partial charge in [-0.1, -0.05) is 54.6 Å². The summed E-state index contributed by atoms with van der Waals surface area (Å²) >= 11 is 0. The highest BCUT2D eigenvalue weighted by atomic mass is 16.6. The molecule has 0 amide bonds. The van der Waals surface area contributed by atoms with Gasteiger partial charge in [-0.25, -0.2) is 28.8 Å². The van der Waals surface area contributed by atoms with E-state index in [1.807, 2.05) is 54.6 Å². The molecule has 0 fully saturated rings. The summed E-state index contributed by atoms with van der Waals surface area (Å²) < 4.78 is 33.9. The summed E-state index contributed by atoms with van der Waals surface area (Å²) in [6.07, 6.45) is 0. The molecule has 0 aromatic heterocycles. The second kappa shape index (κ2) is 21.5. The summed E-state index contributed by atoms with van der Waals surface area (Å²) in [5.74, 6) is -2.92. The monoisotopic (exact) mass is 1010 g/mol. The van der Waals surface area contributed by atoms with E-state index in [0.29, 0.717) is 11.1 Å². The maximum Gasteiger partial charge on any atom is 0.343 e. The SMILES string of the molecule is O=C(Oc1ccc(C(=O)Oc2ccc(C(=O)Oc3cc(-c4c(OC(=O)c5ccc(OC(=O)c6ccc(OC(=O)c7ccc(O)cc7)cc6)cc5)ccc5ccccc45)c4ccccc4c3)cc2)cc1)c1ccc(O)cc1. The number of hydrogen-bond acceptors (Lipinski definition) is 14. The van der Waals surface area contributed by atoms with Gasteiger partial charge in [-0.2, -0.15) is 0 Å². The maximum atomic E-state index is 13.9. The second-order valence-corrected chi connectivity index (χ2v) is 16.9. The minimum Gasteiger partial charge on any atom is -0.508 e. The third-order valence-electron chi connectivity index (χ3n) is 11.8. The molecule has 76 heavy (non-hydrogen) atoms. The van der Waals surface area contributed by atoms with Gasteiger partial charge in [0, 0.05) is 5.56 Å². The van der Waals surface area contributed by atoms with E-state index in [2.05, 4.69) is 0 Å². The van der Waals surface area contributed by atoms with Gasteiger partial charge < -0.3 is 38.6 Å². The normalized spacial score (nSPS) is 10.8. The van der Waals surface area contributed by atoms with E-state index in [1.54, 1.807) is 18.2 Å². The largest absolute Gasteiger partial charge is 0.508 e. The van der Waals surface area contributed by atoms with Crippen molar-refractivity contribution in [2.45, 2.75) is 0 Å². The summed E-state index contributed by atoms with van der Waals surface area (Å²) in [6.45, 7) is 0. The molecule has 10 aromatic rings. The summed E-state index contributed by atoms with van der Waals surface area (Å²) in [7, 11) is 0. The molecule has 0 aliphatic carbocycles. The van der Waals surface area contributed by atoms with Crippen LogP contribution in [0.3, 0.4) is 0 Å². The number of rotatable bonds is 13. The Morgan fingerprint density at radius 3 is 0.987 bits per heavy atom. The van der Waals surface area contributed by atoms with E-state index >= 15 is 0 Å². The van der Waals surface area contributed by atoms with Crippen LogP contribution in [0.25, 0.3) is 32.7 Å². The molecule has 0 unspecified atom stereocenters. The van der Waals surface area contributed by atoms with Gasteiger partial charge in [-0.3, -0.25) is 0 Å². The highest BCUT2D eigenvalue weighted by molar-refractivity contribution is 6.09. The van der Waals surface area contributed by atoms with Crippen molar-refractivity contribution in [3.05, 3.63) is 252 Å². The molecule has 0 spiro atoms. The molecule has 0 aliphatic heterocycles. The van der Waals surface area contributed by atoms with E-state index in [-0.39, 0.29) is 79.4 Å². The number of esters is 6. The Morgan fingerprint density at radius 1 is 0.276 bits per heavy atom.